The summed E-state index contributed by atoms with van der Waals surface area (Å²) in [4.78, 5) is 23.7. The van der Waals surface area contributed by atoms with Crippen LogP contribution in [-0.4, -0.2) is 40.9 Å². The molecule has 1 atom stereocenters. The molecular formula is C10H15NO3. The van der Waals surface area contributed by atoms with Gasteiger partial charge in [0, 0.05) is 18.7 Å². The smallest absolute Gasteiger partial charge is 0.332 e. The number of ketones is 1. The van der Waals surface area contributed by atoms with E-state index in [0.29, 0.717) is 18.5 Å². The molecule has 0 saturated heterocycles. The van der Waals surface area contributed by atoms with E-state index in [1.807, 2.05) is 11.8 Å². The second-order valence-corrected chi connectivity index (χ2v) is 3.58. The van der Waals surface area contributed by atoms with Crippen molar-refractivity contribution in [2.45, 2.75) is 26.3 Å². The first-order valence-corrected chi connectivity index (χ1v) is 4.69. The van der Waals surface area contributed by atoms with Crippen molar-refractivity contribution in [3.63, 3.8) is 0 Å². The number of Topliss-reactive ketones (excluding diaryl/α,β-unsaturated/α-hetero) is 1. The van der Waals surface area contributed by atoms with E-state index < -0.39 is 5.97 Å². The molecule has 1 aliphatic heterocycles. The predicted octanol–water partition coefficient (Wildman–Crippen LogP) is 0.681. The summed E-state index contributed by atoms with van der Waals surface area (Å²) >= 11 is 0. The highest BCUT2D eigenvalue weighted by molar-refractivity contribution is 5.87. The summed E-state index contributed by atoms with van der Waals surface area (Å²) in [5.74, 6) is -0.804. The molecule has 1 rings (SSSR count). The Hall–Kier alpha value is -1.16. The van der Waals surface area contributed by atoms with E-state index in [9.17, 15) is 9.59 Å². The fraction of sp³-hybridized carbons (Fsp3) is 0.600. The molecular weight excluding hydrogens is 182 g/mol. The number of carbonyl (C=O) groups excluding carboxylic acids is 1. The standard InChI is InChI=1S/C10H15NO3/c1-7(8(2)12)11-5-3-4-9(6-11)10(13)14/h4,7H,3,5-6H2,1-2H3,(H,13,14). The molecule has 0 saturated carbocycles. The number of aliphatic carboxylic acids is 1. The minimum Gasteiger partial charge on any atom is -0.478 e. The number of rotatable bonds is 3. The van der Waals surface area contributed by atoms with Crippen molar-refractivity contribution >= 4 is 11.8 Å². The number of hydrogen-bond acceptors (Lipinski definition) is 3. The summed E-state index contributed by atoms with van der Waals surface area (Å²) in [6.07, 6.45) is 2.44. The maximum absolute atomic E-state index is 11.1. The Balaban J connectivity index is 2.65. The van der Waals surface area contributed by atoms with Gasteiger partial charge < -0.3 is 5.11 Å². The lowest BCUT2D eigenvalue weighted by Crippen LogP contribution is -2.42. The van der Waals surface area contributed by atoms with Gasteiger partial charge in [-0.05, 0) is 20.3 Å². The summed E-state index contributed by atoms with van der Waals surface area (Å²) in [6.45, 7) is 4.48. The normalized spacial score (nSPS) is 20.0. The molecule has 1 heterocycles. The van der Waals surface area contributed by atoms with E-state index in [0.717, 1.165) is 6.54 Å². The van der Waals surface area contributed by atoms with Crippen molar-refractivity contribution < 1.29 is 14.7 Å². The van der Waals surface area contributed by atoms with Gasteiger partial charge >= 0.3 is 5.97 Å². The van der Waals surface area contributed by atoms with Crippen LogP contribution >= 0.6 is 0 Å². The molecule has 14 heavy (non-hydrogen) atoms. The van der Waals surface area contributed by atoms with Crippen LogP contribution < -0.4 is 0 Å². The zero-order chi connectivity index (χ0) is 10.7. The van der Waals surface area contributed by atoms with Gasteiger partial charge in [0.15, 0.2) is 0 Å². The van der Waals surface area contributed by atoms with Crippen molar-refractivity contribution in [1.29, 1.82) is 0 Å². The maximum Gasteiger partial charge on any atom is 0.332 e. The van der Waals surface area contributed by atoms with Gasteiger partial charge in [-0.25, -0.2) is 4.79 Å². The van der Waals surface area contributed by atoms with Gasteiger partial charge in [-0.2, -0.15) is 0 Å². The molecule has 0 bridgehead atoms. The molecule has 4 heteroatoms. The first kappa shape index (κ1) is 10.9. The second kappa shape index (κ2) is 4.37. The van der Waals surface area contributed by atoms with E-state index >= 15 is 0 Å². The molecule has 0 radical (unpaired) electrons. The molecule has 0 spiro atoms. The molecule has 0 aromatic heterocycles. The van der Waals surface area contributed by atoms with Crippen LogP contribution in [0.5, 0.6) is 0 Å². The van der Waals surface area contributed by atoms with Crippen LogP contribution in [0.2, 0.25) is 0 Å². The summed E-state index contributed by atoms with van der Waals surface area (Å²) < 4.78 is 0. The summed E-state index contributed by atoms with van der Waals surface area (Å²) in [5.41, 5.74) is 0.393. The Labute approximate surface area is 83.2 Å². The monoisotopic (exact) mass is 197 g/mol. The average Bonchev–Trinajstić information content (AvgIpc) is 2.16. The molecule has 0 aliphatic carbocycles. The van der Waals surface area contributed by atoms with Crippen molar-refractivity contribution in [1.82, 2.24) is 4.90 Å². The van der Waals surface area contributed by atoms with Crippen molar-refractivity contribution in [2.24, 2.45) is 0 Å². The predicted molar refractivity (Wildman–Crippen MR) is 52.1 cm³/mol. The molecule has 0 fully saturated rings. The van der Waals surface area contributed by atoms with Crippen molar-refractivity contribution in [2.75, 3.05) is 13.1 Å². The topological polar surface area (TPSA) is 57.6 Å². The molecule has 1 unspecified atom stereocenters. The van der Waals surface area contributed by atoms with Crippen LogP contribution in [0.4, 0.5) is 0 Å². The number of carbonyl (C=O) groups is 2. The number of carboxylic acids is 1. The second-order valence-electron chi connectivity index (χ2n) is 3.58. The Kier molecular flexibility index (Phi) is 3.41. The van der Waals surface area contributed by atoms with Gasteiger partial charge in [-0.1, -0.05) is 6.08 Å². The van der Waals surface area contributed by atoms with Crippen molar-refractivity contribution in [3.05, 3.63) is 11.6 Å². The van der Waals surface area contributed by atoms with E-state index in [2.05, 4.69) is 0 Å². The summed E-state index contributed by atoms with van der Waals surface area (Å²) in [6, 6.07) is -0.182. The highest BCUT2D eigenvalue weighted by Gasteiger charge is 2.23. The highest BCUT2D eigenvalue weighted by Crippen LogP contribution is 2.13. The van der Waals surface area contributed by atoms with Gasteiger partial charge in [0.05, 0.1) is 6.04 Å². The third-order valence-electron chi connectivity index (χ3n) is 2.59. The Morgan fingerprint density at radius 2 is 2.21 bits per heavy atom. The summed E-state index contributed by atoms with van der Waals surface area (Å²) in [7, 11) is 0. The van der Waals surface area contributed by atoms with E-state index in [-0.39, 0.29) is 11.8 Å². The largest absolute Gasteiger partial charge is 0.478 e. The average molecular weight is 197 g/mol. The van der Waals surface area contributed by atoms with E-state index in [1.165, 1.54) is 6.92 Å². The zero-order valence-corrected chi connectivity index (χ0v) is 8.49. The first-order chi connectivity index (χ1) is 6.52. The quantitative estimate of drug-likeness (QED) is 0.722. The van der Waals surface area contributed by atoms with Gasteiger partial charge in [-0.15, -0.1) is 0 Å². The van der Waals surface area contributed by atoms with Crippen LogP contribution in [0.1, 0.15) is 20.3 Å². The van der Waals surface area contributed by atoms with Gasteiger partial charge in [-0.3, -0.25) is 9.69 Å². The fourth-order valence-electron chi connectivity index (χ4n) is 1.51. The van der Waals surface area contributed by atoms with Crippen LogP contribution in [0, 0.1) is 0 Å². The molecule has 1 N–H and O–H groups in total. The third kappa shape index (κ3) is 2.42. The highest BCUT2D eigenvalue weighted by atomic mass is 16.4. The Bertz CT molecular complexity index is 283. The molecule has 0 aromatic carbocycles. The van der Waals surface area contributed by atoms with Crippen LogP contribution in [0.15, 0.2) is 11.6 Å². The third-order valence-corrected chi connectivity index (χ3v) is 2.59. The lowest BCUT2D eigenvalue weighted by Gasteiger charge is -2.29. The molecule has 78 valence electrons. The Morgan fingerprint density at radius 3 is 2.71 bits per heavy atom. The molecule has 0 aromatic rings. The van der Waals surface area contributed by atoms with E-state index in [4.69, 9.17) is 5.11 Å². The number of carboxylic acid groups (broad SMARTS) is 1. The fourth-order valence-corrected chi connectivity index (χ4v) is 1.51. The number of nitrogens with zero attached hydrogens (tertiary/aromatic N) is 1. The van der Waals surface area contributed by atoms with Crippen LogP contribution in [-0.2, 0) is 9.59 Å². The molecule has 1 aliphatic rings. The van der Waals surface area contributed by atoms with Crippen molar-refractivity contribution in [3.8, 4) is 0 Å². The molecule has 4 nitrogen and oxygen atoms in total. The van der Waals surface area contributed by atoms with Gasteiger partial charge in [0.1, 0.15) is 5.78 Å². The SMILES string of the molecule is CC(=O)C(C)N1CCC=C(C(=O)O)C1. The van der Waals surface area contributed by atoms with Crippen LogP contribution in [0.3, 0.4) is 0 Å². The van der Waals surface area contributed by atoms with Gasteiger partial charge in [0.25, 0.3) is 0 Å². The maximum atomic E-state index is 11.1. The minimum atomic E-state index is -0.884. The minimum absolute atomic E-state index is 0.0802. The summed E-state index contributed by atoms with van der Waals surface area (Å²) in [5, 5.41) is 8.80. The van der Waals surface area contributed by atoms with Gasteiger partial charge in [0.2, 0.25) is 0 Å². The lowest BCUT2D eigenvalue weighted by atomic mass is 10.1. The lowest BCUT2D eigenvalue weighted by molar-refractivity contribution is -0.133. The zero-order valence-electron chi connectivity index (χ0n) is 8.49. The first-order valence-electron chi connectivity index (χ1n) is 4.69. The van der Waals surface area contributed by atoms with Crippen LogP contribution in [0.25, 0.3) is 0 Å². The van der Waals surface area contributed by atoms with E-state index in [1.54, 1.807) is 6.08 Å². The Morgan fingerprint density at radius 1 is 1.57 bits per heavy atom. The number of hydrogen-bond donors (Lipinski definition) is 1. The molecule has 0 amide bonds.